The van der Waals surface area contributed by atoms with Crippen LogP contribution in [0.1, 0.15) is 12.5 Å². The standard InChI is InChI=1S/C25H23N3O10S/c1-15(29)36-12-17-14-39(35)24-21(26-20(30)13-37-19-5-3-2-4-6-19)23(31)27(24)22(17)25(32)38-11-16-7-9-18(10-8-16)28(33)34/h2-10,21,24H,11-14H2,1H3,(H,26,30)/t21?,24-,39?/m1/s1. The molecule has 1 fully saturated rings. The number of para-hydroxylation sites is 1. The van der Waals surface area contributed by atoms with Crippen molar-refractivity contribution >= 4 is 40.6 Å². The molecule has 0 radical (unpaired) electrons. The van der Waals surface area contributed by atoms with Crippen molar-refractivity contribution in [3.05, 3.63) is 81.5 Å². The summed E-state index contributed by atoms with van der Waals surface area (Å²) in [6, 6.07) is 12.7. The molecule has 2 aromatic rings. The Morgan fingerprint density at radius 1 is 1.08 bits per heavy atom. The lowest BCUT2D eigenvalue weighted by molar-refractivity contribution is -0.384. The summed E-state index contributed by atoms with van der Waals surface area (Å²) in [5.74, 6) is -2.65. The van der Waals surface area contributed by atoms with Crippen LogP contribution in [0.15, 0.2) is 65.9 Å². The topological polar surface area (TPSA) is 177 Å². The number of nitro benzene ring substituents is 1. The fourth-order valence-corrected chi connectivity index (χ4v) is 5.62. The van der Waals surface area contributed by atoms with Gasteiger partial charge in [-0.3, -0.25) is 29.4 Å². The molecule has 13 nitrogen and oxygen atoms in total. The van der Waals surface area contributed by atoms with E-state index in [9.17, 15) is 33.8 Å². The number of amides is 2. The molecule has 1 N–H and O–H groups in total. The quantitative estimate of drug-likeness (QED) is 0.145. The van der Waals surface area contributed by atoms with E-state index in [1.165, 1.54) is 24.3 Å². The zero-order chi connectivity index (χ0) is 28.1. The molecule has 2 unspecified atom stereocenters. The molecule has 2 aliphatic rings. The third-order valence-corrected chi connectivity index (χ3v) is 7.45. The number of nitrogens with one attached hydrogen (secondary N) is 1. The molecule has 1 saturated heterocycles. The molecule has 0 aliphatic carbocycles. The van der Waals surface area contributed by atoms with Gasteiger partial charge >= 0.3 is 11.9 Å². The first kappa shape index (κ1) is 27.6. The number of fused-ring (bicyclic) bond motifs is 1. The van der Waals surface area contributed by atoms with Crippen molar-refractivity contribution in [2.24, 2.45) is 0 Å². The Kier molecular flexibility index (Phi) is 8.46. The van der Waals surface area contributed by atoms with Crippen LogP contribution in [0.2, 0.25) is 0 Å². The Labute approximate surface area is 225 Å². The molecule has 204 valence electrons. The Morgan fingerprint density at radius 2 is 1.77 bits per heavy atom. The highest BCUT2D eigenvalue weighted by Crippen LogP contribution is 2.37. The van der Waals surface area contributed by atoms with Gasteiger partial charge in [-0.15, -0.1) is 0 Å². The van der Waals surface area contributed by atoms with Gasteiger partial charge in [-0.05, 0) is 41.0 Å². The lowest BCUT2D eigenvalue weighted by atomic mass is 10.0. The first-order chi connectivity index (χ1) is 18.7. The minimum Gasteiger partial charge on any atom is -0.614 e. The number of carbonyl (C=O) groups excluding carboxylic acids is 4. The highest BCUT2D eigenvalue weighted by Gasteiger charge is 2.61. The second-order valence-electron chi connectivity index (χ2n) is 8.50. The fourth-order valence-electron chi connectivity index (χ4n) is 3.95. The molecule has 4 rings (SSSR count). The van der Waals surface area contributed by atoms with E-state index in [0.717, 1.165) is 11.8 Å². The van der Waals surface area contributed by atoms with E-state index in [4.69, 9.17) is 14.2 Å². The van der Waals surface area contributed by atoms with Gasteiger partial charge < -0.3 is 24.1 Å². The molecule has 2 aromatic carbocycles. The minimum absolute atomic E-state index is 0.124. The van der Waals surface area contributed by atoms with Crippen molar-refractivity contribution in [1.29, 1.82) is 0 Å². The molecule has 2 amide bonds. The highest BCUT2D eigenvalue weighted by atomic mass is 32.2. The van der Waals surface area contributed by atoms with Crippen molar-refractivity contribution in [1.82, 2.24) is 10.2 Å². The molecule has 0 bridgehead atoms. The summed E-state index contributed by atoms with van der Waals surface area (Å²) in [5, 5.41) is 12.3. The summed E-state index contributed by atoms with van der Waals surface area (Å²) in [5.41, 5.74) is 0.214. The number of non-ortho nitro benzene ring substituents is 1. The smallest absolute Gasteiger partial charge is 0.355 e. The lowest BCUT2D eigenvalue weighted by Gasteiger charge is -2.49. The van der Waals surface area contributed by atoms with Crippen LogP contribution in [-0.4, -0.2) is 68.5 Å². The van der Waals surface area contributed by atoms with Gasteiger partial charge in [0, 0.05) is 24.6 Å². The van der Waals surface area contributed by atoms with E-state index < -0.39 is 51.3 Å². The maximum Gasteiger partial charge on any atom is 0.355 e. The molecule has 3 atom stereocenters. The molecule has 0 saturated carbocycles. The van der Waals surface area contributed by atoms with Crippen molar-refractivity contribution in [3.63, 3.8) is 0 Å². The Bertz CT molecular complexity index is 1320. The van der Waals surface area contributed by atoms with Gasteiger partial charge in [-0.25, -0.2) is 4.79 Å². The summed E-state index contributed by atoms with van der Waals surface area (Å²) in [7, 11) is 0. The predicted molar refractivity (Wildman–Crippen MR) is 134 cm³/mol. The summed E-state index contributed by atoms with van der Waals surface area (Å²) in [6.45, 7) is 0.119. The number of hydrogen-bond donors (Lipinski definition) is 1. The maximum atomic E-state index is 13.1. The molecule has 39 heavy (non-hydrogen) atoms. The van der Waals surface area contributed by atoms with Crippen LogP contribution >= 0.6 is 0 Å². The van der Waals surface area contributed by atoms with Gasteiger partial charge in [0.25, 0.3) is 17.5 Å². The molecule has 0 aromatic heterocycles. The van der Waals surface area contributed by atoms with Gasteiger partial charge in [0.1, 0.15) is 30.4 Å². The average molecular weight is 558 g/mol. The summed E-state index contributed by atoms with van der Waals surface area (Å²) in [4.78, 5) is 61.2. The second kappa shape index (κ2) is 12.0. The maximum absolute atomic E-state index is 13.1. The van der Waals surface area contributed by atoms with Crippen molar-refractivity contribution in [2.45, 2.75) is 24.9 Å². The van der Waals surface area contributed by atoms with Gasteiger partial charge in [-0.1, -0.05) is 18.2 Å². The van der Waals surface area contributed by atoms with Crippen LogP contribution in [0.4, 0.5) is 5.69 Å². The van der Waals surface area contributed by atoms with Crippen molar-refractivity contribution in [3.8, 4) is 5.75 Å². The van der Waals surface area contributed by atoms with Gasteiger partial charge in [0.15, 0.2) is 12.6 Å². The zero-order valence-electron chi connectivity index (χ0n) is 20.6. The van der Waals surface area contributed by atoms with Gasteiger partial charge in [0.2, 0.25) is 5.37 Å². The van der Waals surface area contributed by atoms with E-state index in [1.54, 1.807) is 30.3 Å². The number of esters is 2. The van der Waals surface area contributed by atoms with Crippen molar-refractivity contribution < 1.29 is 42.9 Å². The second-order valence-corrected chi connectivity index (χ2v) is 10.0. The molecular formula is C25H23N3O10S. The van der Waals surface area contributed by atoms with E-state index in [2.05, 4.69) is 5.32 Å². The van der Waals surface area contributed by atoms with E-state index in [1.807, 2.05) is 0 Å². The average Bonchev–Trinajstić information content (AvgIpc) is 2.92. The summed E-state index contributed by atoms with van der Waals surface area (Å²) < 4.78 is 28.7. The zero-order valence-corrected chi connectivity index (χ0v) is 21.4. The Hall–Kier alpha value is -4.43. The largest absolute Gasteiger partial charge is 0.614 e. The van der Waals surface area contributed by atoms with Crippen LogP contribution in [-0.2, 0) is 46.4 Å². The molecule has 2 aliphatic heterocycles. The fraction of sp³-hybridized carbons (Fsp3) is 0.280. The highest BCUT2D eigenvalue weighted by molar-refractivity contribution is 7.92. The summed E-state index contributed by atoms with van der Waals surface area (Å²) >= 11 is -1.74. The molecule has 2 heterocycles. The molecule has 14 heteroatoms. The van der Waals surface area contributed by atoms with Crippen molar-refractivity contribution in [2.75, 3.05) is 19.0 Å². The number of ether oxygens (including phenoxy) is 3. The predicted octanol–water partition coefficient (Wildman–Crippen LogP) is 0.950. The third kappa shape index (κ3) is 6.35. The number of carbonyl (C=O) groups is 4. The number of rotatable bonds is 10. The van der Waals surface area contributed by atoms with E-state index in [0.29, 0.717) is 11.3 Å². The van der Waals surface area contributed by atoms with Gasteiger partial charge in [-0.2, -0.15) is 0 Å². The van der Waals surface area contributed by atoms with Crippen LogP contribution in [0.3, 0.4) is 0 Å². The number of β-lactam (4-membered cyclic amide) rings is 1. The third-order valence-electron chi connectivity index (χ3n) is 5.79. The number of benzene rings is 2. The minimum atomic E-state index is -1.74. The van der Waals surface area contributed by atoms with Crippen LogP contribution in [0.25, 0.3) is 0 Å². The Morgan fingerprint density at radius 3 is 2.41 bits per heavy atom. The first-order valence-electron chi connectivity index (χ1n) is 11.6. The normalized spacial score (nSPS) is 19.9. The number of hydrogen-bond acceptors (Lipinski definition) is 10. The monoisotopic (exact) mass is 557 g/mol. The molecule has 0 spiro atoms. The van der Waals surface area contributed by atoms with Crippen LogP contribution < -0.4 is 10.1 Å². The first-order valence-corrected chi connectivity index (χ1v) is 13.0. The van der Waals surface area contributed by atoms with E-state index >= 15 is 0 Å². The van der Waals surface area contributed by atoms with E-state index in [-0.39, 0.29) is 42.5 Å². The van der Waals surface area contributed by atoms with Crippen LogP contribution in [0.5, 0.6) is 5.75 Å². The van der Waals surface area contributed by atoms with Gasteiger partial charge in [0.05, 0.1) is 4.92 Å². The Balaban J connectivity index is 1.47. The SMILES string of the molecule is CC(=O)OCC1=C(C(=O)OCc2ccc([N+](=O)[O-])cc2)N2C(=O)C(NC(=O)COc3ccccc3)[C@H]2[S+]([O-])C1. The van der Waals surface area contributed by atoms with Crippen LogP contribution in [0, 0.1) is 10.1 Å². The number of nitrogens with zero attached hydrogens (tertiary/aromatic N) is 2. The lowest BCUT2D eigenvalue weighted by Crippen LogP contribution is -2.75. The number of nitro groups is 1. The molecular weight excluding hydrogens is 534 g/mol. The summed E-state index contributed by atoms with van der Waals surface area (Å²) in [6.07, 6.45) is 0.